The highest BCUT2D eigenvalue weighted by molar-refractivity contribution is 5.95. The minimum Gasteiger partial charge on any atom is -0.373 e. The highest BCUT2D eigenvalue weighted by Gasteiger charge is 2.22. The quantitative estimate of drug-likeness (QED) is 0.648. The zero-order valence-corrected chi connectivity index (χ0v) is 13.3. The Kier molecular flexibility index (Phi) is 4.63. The average molecular weight is 318 g/mol. The maximum atomic E-state index is 11.6. The molecule has 23 heavy (non-hydrogen) atoms. The maximum Gasteiger partial charge on any atom is 0.293 e. The van der Waals surface area contributed by atoms with E-state index in [9.17, 15) is 14.9 Å². The number of hydrogen-bond donors (Lipinski definition) is 2. The molecule has 8 heteroatoms. The molecular weight excluding hydrogens is 300 g/mol. The van der Waals surface area contributed by atoms with Gasteiger partial charge in [0.15, 0.2) is 0 Å². The van der Waals surface area contributed by atoms with Crippen molar-refractivity contribution in [3.05, 3.63) is 50.9 Å². The molecular formula is C15H18N4O4. The number of aryl methyl sites for hydroxylation is 2. The van der Waals surface area contributed by atoms with Gasteiger partial charge in [0.2, 0.25) is 0 Å². The van der Waals surface area contributed by atoms with Crippen molar-refractivity contribution in [2.75, 3.05) is 12.4 Å². The van der Waals surface area contributed by atoms with Gasteiger partial charge in [-0.25, -0.2) is 0 Å². The van der Waals surface area contributed by atoms with Crippen LogP contribution in [0.3, 0.4) is 0 Å². The molecule has 2 rings (SSSR count). The minimum atomic E-state index is -0.519. The zero-order chi connectivity index (χ0) is 17.1. The van der Waals surface area contributed by atoms with E-state index in [0.717, 1.165) is 11.3 Å². The van der Waals surface area contributed by atoms with Crippen LogP contribution in [0.15, 0.2) is 22.7 Å². The number of nitro groups is 1. The normalized spacial score (nSPS) is 11.8. The second kappa shape index (κ2) is 6.47. The SMILES string of the molecule is CNC(=O)c1ccc(NC(C)c2c(C)noc2C)c([N+](=O)[O-])c1. The molecule has 8 nitrogen and oxygen atoms in total. The van der Waals surface area contributed by atoms with Crippen molar-refractivity contribution in [2.24, 2.45) is 0 Å². The molecule has 1 aromatic carbocycles. The summed E-state index contributed by atoms with van der Waals surface area (Å²) in [7, 11) is 1.47. The topological polar surface area (TPSA) is 110 Å². The molecule has 0 bridgehead atoms. The second-order valence-electron chi connectivity index (χ2n) is 5.17. The van der Waals surface area contributed by atoms with Gasteiger partial charge in [-0.15, -0.1) is 0 Å². The van der Waals surface area contributed by atoms with E-state index in [0.29, 0.717) is 11.4 Å². The summed E-state index contributed by atoms with van der Waals surface area (Å²) in [5, 5.41) is 20.7. The number of nitrogens with one attached hydrogen (secondary N) is 2. The predicted octanol–water partition coefficient (Wildman–Crippen LogP) is 2.73. The Bertz CT molecular complexity index is 734. The third-order valence-electron chi connectivity index (χ3n) is 3.58. The first-order valence-electron chi connectivity index (χ1n) is 7.05. The third kappa shape index (κ3) is 3.31. The summed E-state index contributed by atoms with van der Waals surface area (Å²) in [5.41, 5.74) is 1.98. The predicted molar refractivity (Wildman–Crippen MR) is 84.5 cm³/mol. The summed E-state index contributed by atoms with van der Waals surface area (Å²) in [6.45, 7) is 5.46. The molecule has 0 aliphatic rings. The van der Waals surface area contributed by atoms with Gasteiger partial charge < -0.3 is 15.2 Å². The van der Waals surface area contributed by atoms with E-state index in [1.54, 1.807) is 6.92 Å². The Morgan fingerprint density at radius 3 is 2.61 bits per heavy atom. The molecule has 0 spiro atoms. The minimum absolute atomic E-state index is 0.162. The van der Waals surface area contributed by atoms with Gasteiger partial charge in [0.1, 0.15) is 11.4 Å². The highest BCUT2D eigenvalue weighted by Crippen LogP contribution is 2.31. The van der Waals surface area contributed by atoms with Gasteiger partial charge in [0, 0.05) is 24.2 Å². The van der Waals surface area contributed by atoms with Crippen LogP contribution >= 0.6 is 0 Å². The average Bonchev–Trinajstić information content (AvgIpc) is 2.85. The first kappa shape index (κ1) is 16.5. The smallest absolute Gasteiger partial charge is 0.293 e. The van der Waals surface area contributed by atoms with Gasteiger partial charge in [0.25, 0.3) is 11.6 Å². The van der Waals surface area contributed by atoms with Gasteiger partial charge in [-0.2, -0.15) is 0 Å². The standard InChI is InChI=1S/C15H18N4O4/c1-8(14-9(2)18-23-10(14)3)17-12-6-5-11(15(20)16-4)7-13(12)19(21)22/h5-8,17H,1-4H3,(H,16,20). The molecule has 2 aromatic rings. The van der Waals surface area contributed by atoms with Crippen LogP contribution in [0.25, 0.3) is 0 Å². The van der Waals surface area contributed by atoms with E-state index in [-0.39, 0.29) is 23.2 Å². The molecule has 1 aromatic heterocycles. The Hall–Kier alpha value is -2.90. The van der Waals surface area contributed by atoms with Crippen molar-refractivity contribution in [3.8, 4) is 0 Å². The largest absolute Gasteiger partial charge is 0.373 e. The fourth-order valence-electron chi connectivity index (χ4n) is 2.50. The number of benzene rings is 1. The highest BCUT2D eigenvalue weighted by atomic mass is 16.6. The fraction of sp³-hybridized carbons (Fsp3) is 0.333. The maximum absolute atomic E-state index is 11.6. The van der Waals surface area contributed by atoms with Crippen molar-refractivity contribution in [1.29, 1.82) is 0 Å². The summed E-state index contributed by atoms with van der Waals surface area (Å²) < 4.78 is 5.12. The summed E-state index contributed by atoms with van der Waals surface area (Å²) in [5.74, 6) is 0.283. The number of carbonyl (C=O) groups excluding carboxylic acids is 1. The third-order valence-corrected chi connectivity index (χ3v) is 3.58. The number of anilines is 1. The van der Waals surface area contributed by atoms with Crippen LogP contribution in [0.2, 0.25) is 0 Å². The van der Waals surface area contributed by atoms with Gasteiger partial charge in [-0.05, 0) is 32.9 Å². The van der Waals surface area contributed by atoms with Crippen molar-refractivity contribution >= 4 is 17.3 Å². The molecule has 0 radical (unpaired) electrons. The Balaban J connectivity index is 2.36. The second-order valence-corrected chi connectivity index (χ2v) is 5.17. The van der Waals surface area contributed by atoms with E-state index < -0.39 is 4.92 Å². The van der Waals surface area contributed by atoms with E-state index in [1.807, 2.05) is 13.8 Å². The first-order valence-corrected chi connectivity index (χ1v) is 7.05. The molecule has 1 unspecified atom stereocenters. The number of nitro benzene ring substituents is 1. The van der Waals surface area contributed by atoms with Crippen molar-refractivity contribution < 1.29 is 14.2 Å². The van der Waals surface area contributed by atoms with Crippen LogP contribution in [0.1, 0.15) is 40.3 Å². The lowest BCUT2D eigenvalue weighted by atomic mass is 10.1. The Morgan fingerprint density at radius 1 is 1.39 bits per heavy atom. The van der Waals surface area contributed by atoms with Crippen LogP contribution in [-0.2, 0) is 0 Å². The Morgan fingerprint density at radius 2 is 2.09 bits per heavy atom. The number of nitrogens with zero attached hydrogens (tertiary/aromatic N) is 2. The van der Waals surface area contributed by atoms with Crippen LogP contribution in [0.4, 0.5) is 11.4 Å². The van der Waals surface area contributed by atoms with Gasteiger partial charge in [-0.1, -0.05) is 5.16 Å². The molecule has 0 saturated heterocycles. The van der Waals surface area contributed by atoms with E-state index in [1.165, 1.54) is 25.2 Å². The van der Waals surface area contributed by atoms with Crippen LogP contribution in [-0.4, -0.2) is 23.0 Å². The zero-order valence-electron chi connectivity index (χ0n) is 13.3. The lowest BCUT2D eigenvalue weighted by molar-refractivity contribution is -0.384. The molecule has 0 fully saturated rings. The van der Waals surface area contributed by atoms with Crippen molar-refractivity contribution in [1.82, 2.24) is 10.5 Å². The van der Waals surface area contributed by atoms with Gasteiger partial charge >= 0.3 is 0 Å². The van der Waals surface area contributed by atoms with Crippen LogP contribution in [0, 0.1) is 24.0 Å². The molecule has 122 valence electrons. The van der Waals surface area contributed by atoms with Crippen LogP contribution in [0.5, 0.6) is 0 Å². The first-order chi connectivity index (χ1) is 10.8. The van der Waals surface area contributed by atoms with Gasteiger partial charge in [-0.3, -0.25) is 14.9 Å². The van der Waals surface area contributed by atoms with Crippen molar-refractivity contribution in [3.63, 3.8) is 0 Å². The summed E-state index contributed by atoms with van der Waals surface area (Å²) in [6, 6.07) is 4.08. The number of amides is 1. The number of hydrogen-bond acceptors (Lipinski definition) is 6. The summed E-state index contributed by atoms with van der Waals surface area (Å²) in [4.78, 5) is 22.4. The monoisotopic (exact) mass is 318 g/mol. The van der Waals surface area contributed by atoms with Crippen molar-refractivity contribution in [2.45, 2.75) is 26.8 Å². The molecule has 0 saturated carbocycles. The number of carbonyl (C=O) groups is 1. The summed E-state index contributed by atoms with van der Waals surface area (Å²) in [6.07, 6.45) is 0. The fourth-order valence-corrected chi connectivity index (χ4v) is 2.50. The molecule has 1 atom stereocenters. The van der Waals surface area contributed by atoms with Gasteiger partial charge in [0.05, 0.1) is 16.7 Å². The van der Waals surface area contributed by atoms with E-state index >= 15 is 0 Å². The van der Waals surface area contributed by atoms with E-state index in [2.05, 4.69) is 15.8 Å². The molecule has 0 aliphatic carbocycles. The van der Waals surface area contributed by atoms with Crippen LogP contribution < -0.4 is 10.6 Å². The lowest BCUT2D eigenvalue weighted by Gasteiger charge is -2.15. The lowest BCUT2D eigenvalue weighted by Crippen LogP contribution is -2.18. The summed E-state index contributed by atoms with van der Waals surface area (Å²) >= 11 is 0. The molecule has 2 N–H and O–H groups in total. The Labute approximate surface area is 133 Å². The number of aromatic nitrogens is 1. The molecule has 1 amide bonds. The number of rotatable bonds is 5. The molecule has 1 heterocycles. The molecule has 0 aliphatic heterocycles. The van der Waals surface area contributed by atoms with E-state index in [4.69, 9.17) is 4.52 Å².